The van der Waals surface area contributed by atoms with Gasteiger partial charge in [0.25, 0.3) is 11.8 Å². The molecule has 6 nitrogen and oxygen atoms in total. The summed E-state index contributed by atoms with van der Waals surface area (Å²) in [6.45, 7) is 0.955. The van der Waals surface area contributed by atoms with Crippen molar-refractivity contribution in [3.63, 3.8) is 0 Å². The predicted octanol–water partition coefficient (Wildman–Crippen LogP) is 3.33. The maximum Gasteiger partial charge on any atom is 0.261 e. The maximum absolute atomic E-state index is 12.7. The number of ether oxygens (including phenoxy) is 1. The fourth-order valence-corrected chi connectivity index (χ4v) is 4.35. The normalized spacial score (nSPS) is 18.2. The number of imide groups is 1. The number of amides is 3. The molecule has 4 rings (SSSR count). The lowest BCUT2D eigenvalue weighted by molar-refractivity contribution is -0.113. The summed E-state index contributed by atoms with van der Waals surface area (Å²) in [6.07, 6.45) is 1.72. The number of nitrogens with one attached hydrogen (secondary N) is 1. The third-order valence-corrected chi connectivity index (χ3v) is 6.01. The molecule has 1 saturated heterocycles. The smallest absolute Gasteiger partial charge is 0.261 e. The van der Waals surface area contributed by atoms with Crippen molar-refractivity contribution in [2.24, 2.45) is 0 Å². The summed E-state index contributed by atoms with van der Waals surface area (Å²) in [5.41, 5.74) is 2.40. The molecule has 2 aliphatic heterocycles. The number of benzene rings is 2. The van der Waals surface area contributed by atoms with Crippen molar-refractivity contribution in [3.8, 4) is 0 Å². The number of carbonyl (C=O) groups is 3. The van der Waals surface area contributed by atoms with Crippen molar-refractivity contribution in [2.45, 2.75) is 24.7 Å². The van der Waals surface area contributed by atoms with Crippen molar-refractivity contribution in [1.29, 1.82) is 0 Å². The zero-order valence-corrected chi connectivity index (χ0v) is 16.7. The molecule has 0 aliphatic carbocycles. The molecule has 2 heterocycles. The van der Waals surface area contributed by atoms with Crippen molar-refractivity contribution >= 4 is 35.2 Å². The molecule has 7 heteroatoms. The molecule has 0 aromatic heterocycles. The summed E-state index contributed by atoms with van der Waals surface area (Å²) in [5.74, 6) is 0.305. The van der Waals surface area contributed by atoms with E-state index >= 15 is 0 Å². The Kier molecular flexibility index (Phi) is 5.97. The Labute approximate surface area is 173 Å². The van der Waals surface area contributed by atoms with Gasteiger partial charge in [-0.3, -0.25) is 19.3 Å². The second-order valence-electron chi connectivity index (χ2n) is 7.14. The zero-order chi connectivity index (χ0) is 20.2. The van der Waals surface area contributed by atoms with Gasteiger partial charge in [0.2, 0.25) is 5.91 Å². The van der Waals surface area contributed by atoms with Crippen molar-refractivity contribution < 1.29 is 19.1 Å². The Bertz CT molecular complexity index is 926. The van der Waals surface area contributed by atoms with Crippen LogP contribution < -0.4 is 5.32 Å². The van der Waals surface area contributed by atoms with Crippen LogP contribution in [0.15, 0.2) is 48.5 Å². The number of fused-ring (bicyclic) bond motifs is 1. The number of rotatable bonds is 7. The maximum atomic E-state index is 12.7. The van der Waals surface area contributed by atoms with Crippen molar-refractivity contribution in [1.82, 2.24) is 4.90 Å². The number of thioether (sulfide) groups is 1. The fraction of sp³-hybridized carbons (Fsp3) is 0.318. The first-order valence-corrected chi connectivity index (χ1v) is 10.8. The van der Waals surface area contributed by atoms with Gasteiger partial charge in [-0.25, -0.2) is 0 Å². The first-order valence-electron chi connectivity index (χ1n) is 9.65. The molecule has 0 radical (unpaired) electrons. The highest BCUT2D eigenvalue weighted by atomic mass is 32.2. The van der Waals surface area contributed by atoms with Crippen LogP contribution in [-0.2, 0) is 15.3 Å². The first kappa shape index (κ1) is 19.7. The van der Waals surface area contributed by atoms with Crippen LogP contribution in [0.5, 0.6) is 0 Å². The standard InChI is InChI=1S/C22H22N2O4S/c25-20(14-29-13-15-5-2-1-3-6-15)23-16-8-9-18-19(11-16)22(27)24(21(18)26)12-17-7-4-10-28-17/h1-3,5-6,8-9,11,17H,4,7,10,12-14H2,(H,23,25). The summed E-state index contributed by atoms with van der Waals surface area (Å²) in [5, 5.41) is 2.81. The Morgan fingerprint density at radius 1 is 1.10 bits per heavy atom. The first-order chi connectivity index (χ1) is 14.1. The van der Waals surface area contributed by atoms with Crippen LogP contribution >= 0.6 is 11.8 Å². The third-order valence-electron chi connectivity index (χ3n) is 5.01. The summed E-state index contributed by atoms with van der Waals surface area (Å²) < 4.78 is 5.55. The molecular formula is C22H22N2O4S. The molecule has 0 spiro atoms. The number of hydrogen-bond donors (Lipinski definition) is 1. The third kappa shape index (κ3) is 4.52. The van der Waals surface area contributed by atoms with Crippen LogP contribution in [0.3, 0.4) is 0 Å². The Balaban J connectivity index is 1.35. The lowest BCUT2D eigenvalue weighted by atomic mass is 10.1. The van der Waals surface area contributed by atoms with E-state index in [-0.39, 0.29) is 30.4 Å². The quantitative estimate of drug-likeness (QED) is 0.709. The summed E-state index contributed by atoms with van der Waals surface area (Å²) >= 11 is 1.52. The van der Waals surface area contributed by atoms with Gasteiger partial charge in [0.05, 0.1) is 29.5 Å². The molecule has 1 atom stereocenters. The van der Waals surface area contributed by atoms with Gasteiger partial charge in [0, 0.05) is 18.0 Å². The van der Waals surface area contributed by atoms with Crippen LogP contribution in [0, 0.1) is 0 Å². The van der Waals surface area contributed by atoms with E-state index in [2.05, 4.69) is 5.32 Å². The van der Waals surface area contributed by atoms with Crippen molar-refractivity contribution in [2.75, 3.05) is 24.2 Å². The average molecular weight is 410 g/mol. The number of anilines is 1. The number of nitrogens with zero attached hydrogens (tertiary/aromatic N) is 1. The summed E-state index contributed by atoms with van der Waals surface area (Å²) in [6, 6.07) is 14.8. The molecule has 1 unspecified atom stereocenters. The van der Waals surface area contributed by atoms with E-state index < -0.39 is 0 Å². The number of carbonyl (C=O) groups excluding carboxylic acids is 3. The van der Waals surface area contributed by atoms with Crippen LogP contribution in [0.4, 0.5) is 5.69 Å². The molecule has 0 bridgehead atoms. The van der Waals surface area contributed by atoms with Gasteiger partial charge in [-0.1, -0.05) is 30.3 Å². The van der Waals surface area contributed by atoms with E-state index in [9.17, 15) is 14.4 Å². The van der Waals surface area contributed by atoms with Gasteiger partial charge in [-0.2, -0.15) is 0 Å². The van der Waals surface area contributed by atoms with E-state index in [4.69, 9.17) is 4.74 Å². The lowest BCUT2D eigenvalue weighted by Crippen LogP contribution is -2.36. The highest BCUT2D eigenvalue weighted by Crippen LogP contribution is 2.27. The highest BCUT2D eigenvalue weighted by molar-refractivity contribution is 7.99. The SMILES string of the molecule is O=C(CSCc1ccccc1)Nc1ccc2c(c1)C(=O)N(CC1CCCO1)C2=O. The second kappa shape index (κ2) is 8.80. The van der Waals surface area contributed by atoms with Gasteiger partial charge in [0.15, 0.2) is 0 Å². The largest absolute Gasteiger partial charge is 0.376 e. The molecule has 1 N–H and O–H groups in total. The van der Waals surface area contributed by atoms with E-state index in [1.54, 1.807) is 18.2 Å². The van der Waals surface area contributed by atoms with E-state index in [1.165, 1.54) is 22.2 Å². The molecule has 2 aliphatic rings. The lowest BCUT2D eigenvalue weighted by Gasteiger charge is -2.17. The molecule has 0 saturated carbocycles. The highest BCUT2D eigenvalue weighted by Gasteiger charge is 2.37. The van der Waals surface area contributed by atoms with Gasteiger partial charge in [0.1, 0.15) is 0 Å². The van der Waals surface area contributed by atoms with Crippen LogP contribution in [-0.4, -0.2) is 47.6 Å². The molecule has 3 amide bonds. The van der Waals surface area contributed by atoms with Gasteiger partial charge < -0.3 is 10.1 Å². The van der Waals surface area contributed by atoms with E-state index in [1.807, 2.05) is 30.3 Å². The zero-order valence-electron chi connectivity index (χ0n) is 15.9. The minimum Gasteiger partial charge on any atom is -0.376 e. The monoisotopic (exact) mass is 410 g/mol. The molecule has 29 heavy (non-hydrogen) atoms. The minimum atomic E-state index is -0.324. The number of hydrogen-bond acceptors (Lipinski definition) is 5. The topological polar surface area (TPSA) is 75.7 Å². The van der Waals surface area contributed by atoms with Crippen LogP contribution in [0.1, 0.15) is 39.1 Å². The fourth-order valence-electron chi connectivity index (χ4n) is 3.56. The Hall–Kier alpha value is -2.64. The van der Waals surface area contributed by atoms with Crippen LogP contribution in [0.25, 0.3) is 0 Å². The van der Waals surface area contributed by atoms with E-state index in [0.717, 1.165) is 18.6 Å². The minimum absolute atomic E-state index is 0.0852. The van der Waals surface area contributed by atoms with E-state index in [0.29, 0.717) is 29.2 Å². The molecule has 1 fully saturated rings. The van der Waals surface area contributed by atoms with Gasteiger partial charge >= 0.3 is 0 Å². The second-order valence-corrected chi connectivity index (χ2v) is 8.13. The predicted molar refractivity (Wildman–Crippen MR) is 112 cm³/mol. The summed E-state index contributed by atoms with van der Waals surface area (Å²) in [7, 11) is 0. The summed E-state index contributed by atoms with van der Waals surface area (Å²) in [4.78, 5) is 38.7. The molecular weight excluding hydrogens is 388 g/mol. The molecule has 2 aromatic rings. The average Bonchev–Trinajstić information content (AvgIpc) is 3.32. The van der Waals surface area contributed by atoms with Crippen molar-refractivity contribution in [3.05, 3.63) is 65.2 Å². The Morgan fingerprint density at radius 3 is 2.66 bits per heavy atom. The van der Waals surface area contributed by atoms with Gasteiger partial charge in [-0.05, 0) is 36.6 Å². The molecule has 150 valence electrons. The Morgan fingerprint density at radius 2 is 1.90 bits per heavy atom. The molecule has 2 aromatic carbocycles. The van der Waals surface area contributed by atoms with Crippen LogP contribution in [0.2, 0.25) is 0 Å². The van der Waals surface area contributed by atoms with Gasteiger partial charge in [-0.15, -0.1) is 11.8 Å².